The molecule has 0 aliphatic heterocycles. The SMILES string of the molecule is Cc1nn(-c2ccccc2)c(C)c1NC(=O)COC(=O)C(NC(=O)Cc1ccccc1)C(C)C. The van der Waals surface area contributed by atoms with Crippen molar-refractivity contribution in [3.05, 3.63) is 77.6 Å². The van der Waals surface area contributed by atoms with Crippen LogP contribution in [0.25, 0.3) is 5.69 Å². The molecule has 0 bridgehead atoms. The normalized spacial score (nSPS) is 11.7. The lowest BCUT2D eigenvalue weighted by Gasteiger charge is -2.20. The summed E-state index contributed by atoms with van der Waals surface area (Å²) in [6, 6.07) is 18.0. The fourth-order valence-corrected chi connectivity index (χ4v) is 3.55. The third-order valence-corrected chi connectivity index (χ3v) is 5.35. The van der Waals surface area contributed by atoms with Crippen LogP contribution in [0.2, 0.25) is 0 Å². The molecule has 1 heterocycles. The molecule has 1 unspecified atom stereocenters. The second-order valence-corrected chi connectivity index (χ2v) is 8.40. The van der Waals surface area contributed by atoms with Crippen LogP contribution in [0.5, 0.6) is 0 Å². The van der Waals surface area contributed by atoms with Gasteiger partial charge in [0.25, 0.3) is 5.91 Å². The number of anilines is 1. The summed E-state index contributed by atoms with van der Waals surface area (Å²) in [5.41, 5.74) is 3.70. The van der Waals surface area contributed by atoms with Gasteiger partial charge in [0, 0.05) is 0 Å². The third-order valence-electron chi connectivity index (χ3n) is 5.35. The van der Waals surface area contributed by atoms with Gasteiger partial charge in [-0.2, -0.15) is 5.10 Å². The van der Waals surface area contributed by atoms with Crippen LogP contribution >= 0.6 is 0 Å². The number of aryl methyl sites for hydroxylation is 1. The maximum Gasteiger partial charge on any atom is 0.329 e. The second kappa shape index (κ2) is 11.3. The van der Waals surface area contributed by atoms with Crippen molar-refractivity contribution in [3.63, 3.8) is 0 Å². The van der Waals surface area contributed by atoms with Crippen LogP contribution in [0, 0.1) is 19.8 Å². The highest BCUT2D eigenvalue weighted by Crippen LogP contribution is 2.22. The van der Waals surface area contributed by atoms with Crippen molar-refractivity contribution in [2.75, 3.05) is 11.9 Å². The highest BCUT2D eigenvalue weighted by Gasteiger charge is 2.26. The van der Waals surface area contributed by atoms with E-state index in [-0.39, 0.29) is 18.2 Å². The lowest BCUT2D eigenvalue weighted by atomic mass is 10.0. The molecule has 2 N–H and O–H groups in total. The fraction of sp³-hybridized carbons (Fsp3) is 0.308. The number of aromatic nitrogens is 2. The predicted octanol–water partition coefficient (Wildman–Crippen LogP) is 3.35. The minimum atomic E-state index is -0.853. The molecule has 1 atom stereocenters. The summed E-state index contributed by atoms with van der Waals surface area (Å²) in [5.74, 6) is -1.62. The number of para-hydroxylation sites is 1. The summed E-state index contributed by atoms with van der Waals surface area (Å²) in [6.07, 6.45) is 0.155. The van der Waals surface area contributed by atoms with Gasteiger partial charge in [-0.25, -0.2) is 9.48 Å². The van der Waals surface area contributed by atoms with Crippen LogP contribution in [0.3, 0.4) is 0 Å². The van der Waals surface area contributed by atoms with Crippen LogP contribution in [-0.2, 0) is 25.5 Å². The number of amides is 2. The Morgan fingerprint density at radius 3 is 2.18 bits per heavy atom. The summed E-state index contributed by atoms with van der Waals surface area (Å²) < 4.78 is 6.97. The zero-order valence-electron chi connectivity index (χ0n) is 19.9. The van der Waals surface area contributed by atoms with E-state index in [4.69, 9.17) is 4.74 Å². The average Bonchev–Trinajstić information content (AvgIpc) is 3.10. The first-order valence-corrected chi connectivity index (χ1v) is 11.2. The average molecular weight is 463 g/mol. The van der Waals surface area contributed by atoms with Gasteiger partial charge in [-0.15, -0.1) is 0 Å². The van der Waals surface area contributed by atoms with E-state index in [1.54, 1.807) is 25.5 Å². The van der Waals surface area contributed by atoms with Crippen molar-refractivity contribution in [1.82, 2.24) is 15.1 Å². The van der Waals surface area contributed by atoms with Crippen molar-refractivity contribution in [2.24, 2.45) is 5.92 Å². The molecule has 0 spiro atoms. The minimum absolute atomic E-state index is 0.155. The molecular formula is C26H30N4O4. The van der Waals surface area contributed by atoms with Crippen LogP contribution in [-0.4, -0.2) is 40.2 Å². The van der Waals surface area contributed by atoms with Crippen LogP contribution < -0.4 is 10.6 Å². The zero-order valence-corrected chi connectivity index (χ0v) is 19.9. The van der Waals surface area contributed by atoms with Crippen LogP contribution in [0.15, 0.2) is 60.7 Å². The van der Waals surface area contributed by atoms with E-state index in [9.17, 15) is 14.4 Å². The molecule has 178 valence electrons. The Morgan fingerprint density at radius 2 is 1.56 bits per heavy atom. The lowest BCUT2D eigenvalue weighted by Crippen LogP contribution is -2.46. The largest absolute Gasteiger partial charge is 0.454 e. The van der Waals surface area contributed by atoms with E-state index in [2.05, 4.69) is 15.7 Å². The Labute approximate surface area is 199 Å². The smallest absolute Gasteiger partial charge is 0.329 e. The molecule has 3 rings (SSSR count). The molecule has 1 aromatic heterocycles. The Bertz CT molecular complexity index is 1140. The van der Waals surface area contributed by atoms with Gasteiger partial charge >= 0.3 is 5.97 Å². The van der Waals surface area contributed by atoms with Gasteiger partial charge in [0.2, 0.25) is 5.91 Å². The Hall–Kier alpha value is -3.94. The zero-order chi connectivity index (χ0) is 24.7. The number of ether oxygens (including phenoxy) is 1. The van der Waals surface area contributed by atoms with Crippen molar-refractivity contribution in [2.45, 2.75) is 40.2 Å². The van der Waals surface area contributed by atoms with Gasteiger partial charge < -0.3 is 15.4 Å². The number of carbonyl (C=O) groups is 3. The van der Waals surface area contributed by atoms with Gasteiger partial charge in [0.1, 0.15) is 6.04 Å². The topological polar surface area (TPSA) is 102 Å². The number of hydrogen-bond donors (Lipinski definition) is 2. The van der Waals surface area contributed by atoms with Gasteiger partial charge in [0.05, 0.1) is 29.2 Å². The van der Waals surface area contributed by atoms with Crippen molar-refractivity contribution in [3.8, 4) is 5.69 Å². The van der Waals surface area contributed by atoms with Crippen LogP contribution in [0.4, 0.5) is 5.69 Å². The maximum atomic E-state index is 12.6. The number of nitrogens with one attached hydrogen (secondary N) is 2. The first-order chi connectivity index (χ1) is 16.3. The Kier molecular flexibility index (Phi) is 8.19. The van der Waals surface area contributed by atoms with E-state index in [1.165, 1.54) is 0 Å². The number of carbonyl (C=O) groups excluding carboxylic acids is 3. The second-order valence-electron chi connectivity index (χ2n) is 8.40. The third kappa shape index (κ3) is 6.31. The van der Waals surface area contributed by atoms with Crippen molar-refractivity contribution < 1.29 is 19.1 Å². The van der Waals surface area contributed by atoms with Crippen molar-refractivity contribution >= 4 is 23.5 Å². The highest BCUT2D eigenvalue weighted by atomic mass is 16.5. The van der Waals surface area contributed by atoms with Gasteiger partial charge in [-0.05, 0) is 37.5 Å². The molecule has 0 radical (unpaired) electrons. The summed E-state index contributed by atoms with van der Waals surface area (Å²) in [4.78, 5) is 37.5. The highest BCUT2D eigenvalue weighted by molar-refractivity contribution is 5.94. The Balaban J connectivity index is 1.57. The first kappa shape index (κ1) is 24.7. The summed E-state index contributed by atoms with van der Waals surface area (Å²) in [6.45, 7) is 6.79. The molecule has 0 saturated heterocycles. The van der Waals surface area contributed by atoms with Gasteiger partial charge in [-0.3, -0.25) is 9.59 Å². The number of esters is 1. The molecule has 0 fully saturated rings. The van der Waals surface area contributed by atoms with E-state index < -0.39 is 24.5 Å². The van der Waals surface area contributed by atoms with E-state index in [0.29, 0.717) is 11.4 Å². The molecule has 3 aromatic rings. The summed E-state index contributed by atoms with van der Waals surface area (Å²) in [5, 5.41) is 9.99. The molecule has 0 aliphatic rings. The summed E-state index contributed by atoms with van der Waals surface area (Å²) in [7, 11) is 0. The van der Waals surface area contributed by atoms with E-state index in [0.717, 1.165) is 16.9 Å². The predicted molar refractivity (Wildman–Crippen MR) is 130 cm³/mol. The number of rotatable bonds is 9. The molecular weight excluding hydrogens is 432 g/mol. The lowest BCUT2D eigenvalue weighted by molar-refractivity contribution is -0.151. The standard InChI is InChI=1S/C26H30N4O4/c1-17(2)24(27-22(31)15-20-11-7-5-8-12-20)26(33)34-16-23(32)28-25-18(3)29-30(19(25)4)21-13-9-6-10-14-21/h5-14,17,24H,15-16H2,1-4H3,(H,27,31)(H,28,32). The maximum absolute atomic E-state index is 12.6. The van der Waals surface area contributed by atoms with Crippen LogP contribution in [0.1, 0.15) is 30.8 Å². The molecule has 8 nitrogen and oxygen atoms in total. The number of benzene rings is 2. The van der Waals surface area contributed by atoms with Gasteiger partial charge in [0.15, 0.2) is 6.61 Å². The summed E-state index contributed by atoms with van der Waals surface area (Å²) >= 11 is 0. The quantitative estimate of drug-likeness (QED) is 0.475. The first-order valence-electron chi connectivity index (χ1n) is 11.2. The molecule has 8 heteroatoms. The molecule has 34 heavy (non-hydrogen) atoms. The molecule has 0 aliphatic carbocycles. The monoisotopic (exact) mass is 462 g/mol. The molecule has 0 saturated carbocycles. The number of nitrogens with zero attached hydrogens (tertiary/aromatic N) is 2. The van der Waals surface area contributed by atoms with E-state index in [1.807, 2.05) is 67.6 Å². The Morgan fingerprint density at radius 1 is 0.941 bits per heavy atom. The number of hydrogen-bond acceptors (Lipinski definition) is 5. The molecule has 2 amide bonds. The molecule has 2 aromatic carbocycles. The van der Waals surface area contributed by atoms with E-state index >= 15 is 0 Å². The van der Waals surface area contributed by atoms with Gasteiger partial charge in [-0.1, -0.05) is 62.4 Å². The minimum Gasteiger partial charge on any atom is -0.454 e. The van der Waals surface area contributed by atoms with Crippen molar-refractivity contribution in [1.29, 1.82) is 0 Å². The fourth-order valence-electron chi connectivity index (χ4n) is 3.55.